The summed E-state index contributed by atoms with van der Waals surface area (Å²) in [6, 6.07) is 1.10. The first kappa shape index (κ1) is 14.9. The van der Waals surface area contributed by atoms with Crippen LogP contribution in [0.4, 0.5) is 0 Å². The average Bonchev–Trinajstić information content (AvgIpc) is 2.31. The van der Waals surface area contributed by atoms with Crippen molar-refractivity contribution >= 4 is 0 Å². The van der Waals surface area contributed by atoms with Gasteiger partial charge in [0.25, 0.3) is 0 Å². The SMILES string of the molecule is CCCC(O)C(CC)N1CCC(N(C)C)CC1. The van der Waals surface area contributed by atoms with Gasteiger partial charge in [0.15, 0.2) is 0 Å². The summed E-state index contributed by atoms with van der Waals surface area (Å²) < 4.78 is 0. The lowest BCUT2D eigenvalue weighted by atomic mass is 9.97. The first-order valence-electron chi connectivity index (χ1n) is 7.18. The van der Waals surface area contributed by atoms with E-state index in [2.05, 4.69) is 37.7 Å². The molecule has 1 aliphatic rings. The standard InChI is InChI=1S/C14H30N2O/c1-5-7-14(17)13(6-2)16-10-8-12(9-11-16)15(3)4/h12-14,17H,5-11H2,1-4H3. The molecule has 0 aromatic heterocycles. The topological polar surface area (TPSA) is 26.7 Å². The van der Waals surface area contributed by atoms with Crippen LogP contribution in [0, 0.1) is 0 Å². The largest absolute Gasteiger partial charge is 0.391 e. The van der Waals surface area contributed by atoms with Crippen molar-refractivity contribution < 1.29 is 5.11 Å². The summed E-state index contributed by atoms with van der Waals surface area (Å²) in [7, 11) is 4.34. The zero-order valence-electron chi connectivity index (χ0n) is 12.0. The highest BCUT2D eigenvalue weighted by Crippen LogP contribution is 2.21. The van der Waals surface area contributed by atoms with Gasteiger partial charge in [-0.25, -0.2) is 0 Å². The highest BCUT2D eigenvalue weighted by atomic mass is 16.3. The Labute approximate surface area is 107 Å². The van der Waals surface area contributed by atoms with Gasteiger partial charge in [0.1, 0.15) is 0 Å². The fraction of sp³-hybridized carbons (Fsp3) is 1.00. The average molecular weight is 242 g/mol. The molecule has 1 N–H and O–H groups in total. The molecule has 1 aliphatic heterocycles. The number of hydrogen-bond donors (Lipinski definition) is 1. The van der Waals surface area contributed by atoms with Crippen molar-refractivity contribution in [1.29, 1.82) is 0 Å². The van der Waals surface area contributed by atoms with Gasteiger partial charge >= 0.3 is 0 Å². The van der Waals surface area contributed by atoms with E-state index in [0.717, 1.165) is 38.4 Å². The van der Waals surface area contributed by atoms with Crippen LogP contribution in [0.15, 0.2) is 0 Å². The molecule has 0 aromatic carbocycles. The van der Waals surface area contributed by atoms with Crippen LogP contribution >= 0.6 is 0 Å². The van der Waals surface area contributed by atoms with E-state index in [4.69, 9.17) is 0 Å². The number of piperidine rings is 1. The van der Waals surface area contributed by atoms with Crippen molar-refractivity contribution in [3.8, 4) is 0 Å². The molecule has 1 rings (SSSR count). The van der Waals surface area contributed by atoms with Gasteiger partial charge in [-0.05, 0) is 39.8 Å². The van der Waals surface area contributed by atoms with E-state index in [-0.39, 0.29) is 6.10 Å². The molecule has 0 radical (unpaired) electrons. The summed E-state index contributed by atoms with van der Waals surface area (Å²) in [5, 5.41) is 10.2. The normalized spacial score (nSPS) is 22.9. The number of aliphatic hydroxyl groups is 1. The third-order valence-electron chi connectivity index (χ3n) is 4.15. The predicted molar refractivity (Wildman–Crippen MR) is 73.3 cm³/mol. The van der Waals surface area contributed by atoms with Crippen LogP contribution in [0.3, 0.4) is 0 Å². The maximum absolute atomic E-state index is 10.2. The van der Waals surface area contributed by atoms with Gasteiger partial charge < -0.3 is 10.0 Å². The quantitative estimate of drug-likeness (QED) is 0.771. The van der Waals surface area contributed by atoms with Crippen LogP contribution in [-0.4, -0.2) is 60.3 Å². The zero-order chi connectivity index (χ0) is 12.8. The van der Waals surface area contributed by atoms with Crippen LogP contribution in [0.25, 0.3) is 0 Å². The van der Waals surface area contributed by atoms with E-state index in [0.29, 0.717) is 6.04 Å². The second-order valence-corrected chi connectivity index (χ2v) is 5.56. The monoisotopic (exact) mass is 242 g/mol. The van der Waals surface area contributed by atoms with E-state index in [9.17, 15) is 5.11 Å². The van der Waals surface area contributed by atoms with E-state index in [1.54, 1.807) is 0 Å². The van der Waals surface area contributed by atoms with Crippen molar-refractivity contribution in [3.63, 3.8) is 0 Å². The Morgan fingerprint density at radius 1 is 1.24 bits per heavy atom. The van der Waals surface area contributed by atoms with Gasteiger partial charge in [-0.1, -0.05) is 20.3 Å². The lowest BCUT2D eigenvalue weighted by molar-refractivity contribution is 0.0180. The molecule has 0 spiro atoms. The molecule has 0 aromatic rings. The minimum Gasteiger partial charge on any atom is -0.391 e. The zero-order valence-corrected chi connectivity index (χ0v) is 12.0. The third-order valence-corrected chi connectivity index (χ3v) is 4.15. The molecule has 3 nitrogen and oxygen atoms in total. The molecule has 17 heavy (non-hydrogen) atoms. The van der Waals surface area contributed by atoms with Gasteiger partial charge in [0, 0.05) is 25.2 Å². The summed E-state index contributed by atoms with van der Waals surface area (Å²) in [5.41, 5.74) is 0. The summed E-state index contributed by atoms with van der Waals surface area (Å²) in [5.74, 6) is 0. The second kappa shape index (κ2) is 7.34. The molecule has 1 fully saturated rings. The Balaban J connectivity index is 2.44. The first-order chi connectivity index (χ1) is 8.10. The van der Waals surface area contributed by atoms with Gasteiger partial charge in [0.05, 0.1) is 6.10 Å². The lowest BCUT2D eigenvalue weighted by Crippen LogP contribution is -2.50. The molecule has 0 bridgehead atoms. The minimum absolute atomic E-state index is 0.138. The van der Waals surface area contributed by atoms with Gasteiger partial charge in [0.2, 0.25) is 0 Å². The van der Waals surface area contributed by atoms with Crippen molar-refractivity contribution in [2.45, 2.75) is 64.1 Å². The third kappa shape index (κ3) is 4.23. The summed E-state index contributed by atoms with van der Waals surface area (Å²) in [6.07, 6.45) is 5.41. The van der Waals surface area contributed by atoms with Gasteiger partial charge in [-0.15, -0.1) is 0 Å². The fourth-order valence-electron chi connectivity index (χ4n) is 3.00. The molecule has 3 heteroatoms. The molecule has 0 aliphatic carbocycles. The van der Waals surface area contributed by atoms with Crippen molar-refractivity contribution in [3.05, 3.63) is 0 Å². The molecule has 2 unspecified atom stereocenters. The maximum atomic E-state index is 10.2. The fourth-order valence-corrected chi connectivity index (χ4v) is 3.00. The Morgan fingerprint density at radius 3 is 2.24 bits per heavy atom. The number of rotatable bonds is 6. The second-order valence-electron chi connectivity index (χ2n) is 5.56. The molecule has 102 valence electrons. The first-order valence-corrected chi connectivity index (χ1v) is 7.18. The predicted octanol–water partition coefficient (Wildman–Crippen LogP) is 1.95. The number of nitrogens with zero attached hydrogens (tertiary/aromatic N) is 2. The number of likely N-dealkylation sites (tertiary alicyclic amines) is 1. The highest BCUT2D eigenvalue weighted by molar-refractivity contribution is 4.84. The summed E-state index contributed by atoms with van der Waals surface area (Å²) >= 11 is 0. The molecule has 2 atom stereocenters. The number of hydrogen-bond acceptors (Lipinski definition) is 3. The Morgan fingerprint density at radius 2 is 1.82 bits per heavy atom. The maximum Gasteiger partial charge on any atom is 0.0695 e. The molecule has 0 amide bonds. The molecule has 1 heterocycles. The van der Waals surface area contributed by atoms with E-state index >= 15 is 0 Å². The van der Waals surface area contributed by atoms with E-state index < -0.39 is 0 Å². The Bertz CT molecular complexity index is 200. The molecule has 1 saturated heterocycles. The van der Waals surface area contributed by atoms with E-state index in [1.807, 2.05) is 0 Å². The highest BCUT2D eigenvalue weighted by Gasteiger charge is 2.28. The Hall–Kier alpha value is -0.120. The number of aliphatic hydroxyl groups excluding tert-OH is 1. The molecular formula is C14H30N2O. The molecular weight excluding hydrogens is 212 g/mol. The van der Waals surface area contributed by atoms with Crippen molar-refractivity contribution in [2.75, 3.05) is 27.2 Å². The van der Waals surface area contributed by atoms with Crippen molar-refractivity contribution in [2.24, 2.45) is 0 Å². The van der Waals surface area contributed by atoms with E-state index in [1.165, 1.54) is 12.8 Å². The van der Waals surface area contributed by atoms with Gasteiger partial charge in [-0.3, -0.25) is 4.90 Å². The van der Waals surface area contributed by atoms with Crippen molar-refractivity contribution in [1.82, 2.24) is 9.80 Å². The lowest BCUT2D eigenvalue weighted by Gasteiger charge is -2.41. The minimum atomic E-state index is -0.138. The van der Waals surface area contributed by atoms with Gasteiger partial charge in [-0.2, -0.15) is 0 Å². The van der Waals surface area contributed by atoms with Crippen LogP contribution in [0.1, 0.15) is 46.0 Å². The van der Waals surface area contributed by atoms with Crippen LogP contribution in [0.2, 0.25) is 0 Å². The smallest absolute Gasteiger partial charge is 0.0695 e. The summed E-state index contributed by atoms with van der Waals surface area (Å²) in [6.45, 7) is 6.63. The Kier molecular flexibility index (Phi) is 6.45. The van der Waals surface area contributed by atoms with Crippen LogP contribution in [0.5, 0.6) is 0 Å². The molecule has 0 saturated carbocycles. The van der Waals surface area contributed by atoms with Crippen LogP contribution < -0.4 is 0 Å². The van der Waals surface area contributed by atoms with Crippen LogP contribution in [-0.2, 0) is 0 Å². The summed E-state index contributed by atoms with van der Waals surface area (Å²) in [4.78, 5) is 4.83.